The van der Waals surface area contributed by atoms with E-state index in [0.717, 1.165) is 12.8 Å². The molecular weight excluding hydrogens is 228 g/mol. The number of carbonyl (C=O) groups is 2. The van der Waals surface area contributed by atoms with E-state index in [1.165, 1.54) is 4.90 Å². The zero-order chi connectivity index (χ0) is 12.8. The molecule has 0 aromatic rings. The van der Waals surface area contributed by atoms with Crippen molar-refractivity contribution < 1.29 is 24.9 Å². The van der Waals surface area contributed by atoms with E-state index in [-0.39, 0.29) is 25.7 Å². The van der Waals surface area contributed by atoms with E-state index in [1.54, 1.807) is 0 Å². The second kappa shape index (κ2) is 6.41. The number of likely N-dealkylation sites (tertiary alicyclic amines) is 1. The first-order valence-electron chi connectivity index (χ1n) is 5.61. The van der Waals surface area contributed by atoms with Gasteiger partial charge in [-0.3, -0.25) is 0 Å². The molecule has 17 heavy (non-hydrogen) atoms. The van der Waals surface area contributed by atoms with Gasteiger partial charge in [0.15, 0.2) is 0 Å². The van der Waals surface area contributed by atoms with Gasteiger partial charge in [0.1, 0.15) is 6.04 Å². The lowest BCUT2D eigenvalue weighted by atomic mass is 10.2. The standard InChI is InChI=1S/C10H18N2O5/c13-5-3-8(9(15)16)11-10(17)12-4-1-2-7(12)6-14/h7-8,13-14H,1-6H2,(H,11,17)(H,15,16)/t7?,8-/m0/s1. The minimum Gasteiger partial charge on any atom is -0.480 e. The summed E-state index contributed by atoms with van der Waals surface area (Å²) in [6.45, 7) is 0.0916. The van der Waals surface area contributed by atoms with Gasteiger partial charge in [0.25, 0.3) is 0 Å². The van der Waals surface area contributed by atoms with Gasteiger partial charge in [-0.05, 0) is 12.8 Å². The fourth-order valence-corrected chi connectivity index (χ4v) is 1.91. The minimum absolute atomic E-state index is 0.0291. The van der Waals surface area contributed by atoms with Crippen molar-refractivity contribution in [1.29, 1.82) is 0 Å². The van der Waals surface area contributed by atoms with Gasteiger partial charge in [0.05, 0.1) is 12.6 Å². The smallest absolute Gasteiger partial charge is 0.326 e. The Labute approximate surface area is 99.0 Å². The third-order valence-electron chi connectivity index (χ3n) is 2.86. The van der Waals surface area contributed by atoms with Crippen LogP contribution in [0.25, 0.3) is 0 Å². The lowest BCUT2D eigenvalue weighted by Crippen LogP contribution is -2.50. The van der Waals surface area contributed by atoms with Crippen LogP contribution in [0, 0.1) is 0 Å². The van der Waals surface area contributed by atoms with Gasteiger partial charge in [-0.25, -0.2) is 9.59 Å². The van der Waals surface area contributed by atoms with E-state index < -0.39 is 18.0 Å². The van der Waals surface area contributed by atoms with Crippen LogP contribution in [0.15, 0.2) is 0 Å². The molecule has 98 valence electrons. The van der Waals surface area contributed by atoms with Gasteiger partial charge in [0, 0.05) is 19.6 Å². The van der Waals surface area contributed by atoms with Crippen LogP contribution in [0.3, 0.4) is 0 Å². The number of carbonyl (C=O) groups excluding carboxylic acids is 1. The maximum absolute atomic E-state index is 11.8. The average molecular weight is 246 g/mol. The maximum atomic E-state index is 11.8. The highest BCUT2D eigenvalue weighted by atomic mass is 16.4. The van der Waals surface area contributed by atoms with Crippen molar-refractivity contribution in [2.24, 2.45) is 0 Å². The van der Waals surface area contributed by atoms with Crippen molar-refractivity contribution in [1.82, 2.24) is 10.2 Å². The van der Waals surface area contributed by atoms with E-state index in [2.05, 4.69) is 5.32 Å². The number of hydrogen-bond donors (Lipinski definition) is 4. The summed E-state index contributed by atoms with van der Waals surface area (Å²) in [6, 6.07) is -1.83. The zero-order valence-electron chi connectivity index (χ0n) is 9.50. The van der Waals surface area contributed by atoms with Crippen LogP contribution >= 0.6 is 0 Å². The molecule has 7 nitrogen and oxygen atoms in total. The molecule has 1 saturated heterocycles. The third-order valence-corrected chi connectivity index (χ3v) is 2.86. The molecule has 1 fully saturated rings. The van der Waals surface area contributed by atoms with Crippen molar-refractivity contribution in [3.05, 3.63) is 0 Å². The Hall–Kier alpha value is -1.34. The van der Waals surface area contributed by atoms with Crippen molar-refractivity contribution in [2.75, 3.05) is 19.8 Å². The van der Waals surface area contributed by atoms with Gasteiger partial charge < -0.3 is 25.5 Å². The summed E-state index contributed by atoms with van der Waals surface area (Å²) in [6.07, 6.45) is 1.50. The Morgan fingerprint density at radius 2 is 2.12 bits per heavy atom. The molecule has 0 bridgehead atoms. The van der Waals surface area contributed by atoms with Crippen molar-refractivity contribution in [3.63, 3.8) is 0 Å². The Bertz CT molecular complexity index is 284. The molecule has 1 aliphatic heterocycles. The molecule has 7 heteroatoms. The third kappa shape index (κ3) is 3.57. The summed E-state index contributed by atoms with van der Waals surface area (Å²) in [5.41, 5.74) is 0. The van der Waals surface area contributed by atoms with E-state index in [9.17, 15) is 9.59 Å². The first-order chi connectivity index (χ1) is 8.10. The molecule has 0 radical (unpaired) electrons. The Kier molecular flexibility index (Phi) is 5.17. The molecule has 0 saturated carbocycles. The van der Waals surface area contributed by atoms with Crippen LogP contribution in [-0.4, -0.2) is 64.1 Å². The Morgan fingerprint density at radius 3 is 2.65 bits per heavy atom. The lowest BCUT2D eigenvalue weighted by molar-refractivity contribution is -0.139. The van der Waals surface area contributed by atoms with Crippen molar-refractivity contribution >= 4 is 12.0 Å². The van der Waals surface area contributed by atoms with E-state index in [1.807, 2.05) is 0 Å². The number of urea groups is 1. The predicted molar refractivity (Wildman–Crippen MR) is 58.5 cm³/mol. The number of carboxylic acids is 1. The number of hydrogen-bond acceptors (Lipinski definition) is 4. The normalized spacial score (nSPS) is 21.3. The molecule has 1 heterocycles. The molecule has 0 spiro atoms. The van der Waals surface area contributed by atoms with E-state index >= 15 is 0 Å². The number of aliphatic hydroxyl groups excluding tert-OH is 2. The van der Waals surface area contributed by atoms with Crippen LogP contribution in [0.1, 0.15) is 19.3 Å². The number of aliphatic hydroxyl groups is 2. The van der Waals surface area contributed by atoms with Crippen LogP contribution in [0.2, 0.25) is 0 Å². The minimum atomic E-state index is -1.17. The predicted octanol–water partition coefficient (Wildman–Crippen LogP) is -1.01. The highest BCUT2D eigenvalue weighted by Gasteiger charge is 2.30. The van der Waals surface area contributed by atoms with Gasteiger partial charge in [-0.1, -0.05) is 0 Å². The summed E-state index contributed by atoms with van der Waals surface area (Å²) < 4.78 is 0. The maximum Gasteiger partial charge on any atom is 0.326 e. The van der Waals surface area contributed by atoms with E-state index in [4.69, 9.17) is 15.3 Å². The number of nitrogens with one attached hydrogen (secondary N) is 1. The summed E-state index contributed by atoms with van der Waals surface area (Å²) in [4.78, 5) is 24.0. The molecule has 1 rings (SSSR count). The molecule has 2 atom stereocenters. The number of amides is 2. The van der Waals surface area contributed by atoms with Gasteiger partial charge in [-0.2, -0.15) is 0 Å². The molecular formula is C10H18N2O5. The summed E-state index contributed by atoms with van der Waals surface area (Å²) in [5, 5.41) is 28.9. The number of nitrogens with zero attached hydrogens (tertiary/aromatic N) is 1. The first kappa shape index (κ1) is 13.7. The highest BCUT2D eigenvalue weighted by molar-refractivity contribution is 5.82. The molecule has 0 aromatic heterocycles. The first-order valence-corrected chi connectivity index (χ1v) is 5.61. The number of carboxylic acid groups (broad SMARTS) is 1. The molecule has 1 unspecified atom stereocenters. The van der Waals surface area contributed by atoms with Gasteiger partial charge >= 0.3 is 12.0 Å². The van der Waals surface area contributed by atoms with Crippen LogP contribution < -0.4 is 5.32 Å². The largest absolute Gasteiger partial charge is 0.480 e. The summed E-state index contributed by atoms with van der Waals surface area (Å²) in [7, 11) is 0. The van der Waals surface area contributed by atoms with Crippen LogP contribution in [0.4, 0.5) is 4.79 Å². The molecule has 0 aliphatic carbocycles. The molecule has 0 aromatic carbocycles. The SMILES string of the molecule is O=C(O)[C@H](CCO)NC(=O)N1CCCC1CO. The lowest BCUT2D eigenvalue weighted by Gasteiger charge is -2.25. The van der Waals surface area contributed by atoms with Crippen LogP contribution in [0.5, 0.6) is 0 Å². The summed E-state index contributed by atoms with van der Waals surface area (Å²) in [5.74, 6) is -1.17. The zero-order valence-corrected chi connectivity index (χ0v) is 9.50. The Morgan fingerprint density at radius 1 is 1.41 bits per heavy atom. The quantitative estimate of drug-likeness (QED) is 0.497. The van der Waals surface area contributed by atoms with Gasteiger partial charge in [-0.15, -0.1) is 0 Å². The van der Waals surface area contributed by atoms with Crippen molar-refractivity contribution in [2.45, 2.75) is 31.3 Å². The highest BCUT2D eigenvalue weighted by Crippen LogP contribution is 2.16. The monoisotopic (exact) mass is 246 g/mol. The molecule has 2 amide bonds. The van der Waals surface area contributed by atoms with Gasteiger partial charge in [0.2, 0.25) is 0 Å². The second-order valence-corrected chi connectivity index (χ2v) is 4.02. The molecule has 1 aliphatic rings. The fourth-order valence-electron chi connectivity index (χ4n) is 1.91. The second-order valence-electron chi connectivity index (χ2n) is 4.02. The number of aliphatic carboxylic acids is 1. The van der Waals surface area contributed by atoms with Crippen LogP contribution in [-0.2, 0) is 4.79 Å². The topological polar surface area (TPSA) is 110 Å². The fraction of sp³-hybridized carbons (Fsp3) is 0.800. The summed E-state index contributed by atoms with van der Waals surface area (Å²) >= 11 is 0. The number of rotatable bonds is 5. The Balaban J connectivity index is 2.54. The molecule has 4 N–H and O–H groups in total. The average Bonchev–Trinajstić information content (AvgIpc) is 2.76. The van der Waals surface area contributed by atoms with E-state index in [0.29, 0.717) is 6.54 Å². The van der Waals surface area contributed by atoms with Crippen molar-refractivity contribution in [3.8, 4) is 0 Å².